The quantitative estimate of drug-likeness (QED) is 0.513. The predicted octanol–water partition coefficient (Wildman–Crippen LogP) is 5.06. The number of hydrogen-bond acceptors (Lipinski definition) is 2. The molecule has 1 rings (SSSR count). The number of rotatable bonds is 13. The summed E-state index contributed by atoms with van der Waals surface area (Å²) in [6.45, 7) is 8.14. The Hall–Kier alpha value is -0.860. The molecule has 0 saturated heterocycles. The largest absolute Gasteiger partial charge is 0.377 e. The molecule has 0 amide bonds. The lowest BCUT2D eigenvalue weighted by molar-refractivity contribution is 0.116. The summed E-state index contributed by atoms with van der Waals surface area (Å²) in [6, 6.07) is 8.77. The van der Waals surface area contributed by atoms with Crippen LogP contribution in [-0.2, 0) is 17.9 Å². The van der Waals surface area contributed by atoms with Crippen LogP contribution in [0.1, 0.15) is 69.9 Å². The van der Waals surface area contributed by atoms with Crippen LogP contribution in [0.4, 0.5) is 0 Å². The molecule has 0 unspecified atom stereocenters. The Kier molecular flexibility index (Phi) is 11.1. The van der Waals surface area contributed by atoms with Crippen LogP contribution < -0.4 is 5.32 Å². The van der Waals surface area contributed by atoms with Crippen molar-refractivity contribution >= 4 is 0 Å². The molecule has 120 valence electrons. The van der Waals surface area contributed by atoms with Crippen molar-refractivity contribution in [3.8, 4) is 0 Å². The molecule has 0 radical (unpaired) electrons. The zero-order valence-electron chi connectivity index (χ0n) is 14.0. The Labute approximate surface area is 131 Å². The van der Waals surface area contributed by atoms with E-state index < -0.39 is 0 Å². The molecule has 0 aliphatic heterocycles. The second kappa shape index (κ2) is 12.8. The predicted molar refractivity (Wildman–Crippen MR) is 91.5 cm³/mol. The van der Waals surface area contributed by atoms with E-state index >= 15 is 0 Å². The third-order valence-electron chi connectivity index (χ3n) is 3.69. The maximum Gasteiger partial charge on any atom is 0.0716 e. The van der Waals surface area contributed by atoms with E-state index in [0.717, 1.165) is 26.3 Å². The van der Waals surface area contributed by atoms with E-state index in [-0.39, 0.29) is 0 Å². The normalized spacial score (nSPS) is 11.0. The summed E-state index contributed by atoms with van der Waals surface area (Å²) in [4.78, 5) is 0. The van der Waals surface area contributed by atoms with Gasteiger partial charge in [0.1, 0.15) is 0 Å². The third-order valence-corrected chi connectivity index (χ3v) is 3.69. The smallest absolute Gasteiger partial charge is 0.0716 e. The molecule has 0 bridgehead atoms. The van der Waals surface area contributed by atoms with Gasteiger partial charge in [-0.15, -0.1) is 0 Å². The van der Waals surface area contributed by atoms with E-state index in [0.29, 0.717) is 0 Å². The lowest BCUT2D eigenvalue weighted by Crippen LogP contribution is -2.13. The van der Waals surface area contributed by atoms with Crippen LogP contribution in [0, 0.1) is 0 Å². The summed E-state index contributed by atoms with van der Waals surface area (Å²) in [5, 5.41) is 3.42. The van der Waals surface area contributed by atoms with Crippen LogP contribution in [0.2, 0.25) is 0 Å². The van der Waals surface area contributed by atoms with Gasteiger partial charge in [-0.2, -0.15) is 0 Å². The van der Waals surface area contributed by atoms with Crippen molar-refractivity contribution in [3.63, 3.8) is 0 Å². The van der Waals surface area contributed by atoms with Crippen LogP contribution in [-0.4, -0.2) is 13.2 Å². The minimum absolute atomic E-state index is 0.748. The maximum atomic E-state index is 5.75. The van der Waals surface area contributed by atoms with Gasteiger partial charge in [0, 0.05) is 13.2 Å². The third kappa shape index (κ3) is 9.65. The van der Waals surface area contributed by atoms with Crippen molar-refractivity contribution in [2.75, 3.05) is 13.2 Å². The molecule has 0 aliphatic carbocycles. The molecule has 0 aliphatic rings. The fraction of sp³-hybridized carbons (Fsp3) is 0.684. The first-order valence-electron chi connectivity index (χ1n) is 8.73. The lowest BCUT2D eigenvalue weighted by Gasteiger charge is -2.07. The van der Waals surface area contributed by atoms with Gasteiger partial charge < -0.3 is 10.1 Å². The number of unbranched alkanes of at least 4 members (excludes halogenated alkanes) is 5. The Bertz CT molecular complexity index is 334. The van der Waals surface area contributed by atoms with E-state index in [1.54, 1.807) is 0 Å². The minimum atomic E-state index is 0.748. The molecule has 1 aromatic rings. The van der Waals surface area contributed by atoms with E-state index in [4.69, 9.17) is 4.74 Å². The molecule has 1 aromatic carbocycles. The van der Waals surface area contributed by atoms with Crippen LogP contribution >= 0.6 is 0 Å². The van der Waals surface area contributed by atoms with Gasteiger partial charge in [-0.25, -0.2) is 0 Å². The van der Waals surface area contributed by atoms with E-state index in [1.807, 2.05) is 0 Å². The monoisotopic (exact) mass is 291 g/mol. The van der Waals surface area contributed by atoms with Crippen LogP contribution in [0.5, 0.6) is 0 Å². The topological polar surface area (TPSA) is 21.3 Å². The molecule has 0 fully saturated rings. The molecule has 0 aromatic heterocycles. The van der Waals surface area contributed by atoms with Crippen LogP contribution in [0.25, 0.3) is 0 Å². The Morgan fingerprint density at radius 1 is 0.810 bits per heavy atom. The van der Waals surface area contributed by atoms with Crippen molar-refractivity contribution in [3.05, 3.63) is 35.4 Å². The van der Waals surface area contributed by atoms with Crippen molar-refractivity contribution in [2.24, 2.45) is 0 Å². The molecule has 2 nitrogen and oxygen atoms in total. The zero-order chi connectivity index (χ0) is 15.2. The van der Waals surface area contributed by atoms with Gasteiger partial charge in [-0.1, -0.05) is 70.2 Å². The summed E-state index contributed by atoms with van der Waals surface area (Å²) in [7, 11) is 0. The fourth-order valence-electron chi connectivity index (χ4n) is 2.34. The van der Waals surface area contributed by atoms with Crippen molar-refractivity contribution in [2.45, 2.75) is 71.9 Å². The summed E-state index contributed by atoms with van der Waals surface area (Å²) in [5.74, 6) is 0. The summed E-state index contributed by atoms with van der Waals surface area (Å²) < 4.78 is 5.75. The van der Waals surface area contributed by atoms with Gasteiger partial charge in [0.05, 0.1) is 6.61 Å². The summed E-state index contributed by atoms with van der Waals surface area (Å²) in [5.41, 5.74) is 2.63. The second-order valence-electron chi connectivity index (χ2n) is 5.81. The Balaban J connectivity index is 2.04. The van der Waals surface area contributed by atoms with Crippen molar-refractivity contribution in [1.29, 1.82) is 0 Å². The first kappa shape index (κ1) is 18.2. The van der Waals surface area contributed by atoms with Crippen molar-refractivity contribution < 1.29 is 4.74 Å². The highest BCUT2D eigenvalue weighted by Crippen LogP contribution is 2.08. The minimum Gasteiger partial charge on any atom is -0.377 e. The second-order valence-corrected chi connectivity index (χ2v) is 5.81. The van der Waals surface area contributed by atoms with Gasteiger partial charge in [0.2, 0.25) is 0 Å². The standard InChI is InChI=1S/C19H33NO/c1-3-5-6-7-8-9-15-21-17-19-12-10-18(11-13-19)16-20-14-4-2/h10-13,20H,3-9,14-17H2,1-2H3. The molecule has 2 heteroatoms. The summed E-state index contributed by atoms with van der Waals surface area (Å²) in [6.07, 6.45) is 9.12. The first-order valence-corrected chi connectivity index (χ1v) is 8.73. The fourth-order valence-corrected chi connectivity index (χ4v) is 2.34. The van der Waals surface area contributed by atoms with Crippen LogP contribution in [0.15, 0.2) is 24.3 Å². The summed E-state index contributed by atoms with van der Waals surface area (Å²) >= 11 is 0. The van der Waals surface area contributed by atoms with Gasteiger partial charge >= 0.3 is 0 Å². The molecule has 0 heterocycles. The zero-order valence-corrected chi connectivity index (χ0v) is 14.0. The van der Waals surface area contributed by atoms with Crippen molar-refractivity contribution in [1.82, 2.24) is 5.32 Å². The highest BCUT2D eigenvalue weighted by Gasteiger charge is 1.96. The van der Waals surface area contributed by atoms with Gasteiger partial charge in [-0.3, -0.25) is 0 Å². The molecule has 0 spiro atoms. The number of nitrogens with one attached hydrogen (secondary N) is 1. The number of ether oxygens (including phenoxy) is 1. The molecular formula is C19H33NO. The lowest BCUT2D eigenvalue weighted by atomic mass is 10.1. The average molecular weight is 291 g/mol. The highest BCUT2D eigenvalue weighted by molar-refractivity contribution is 5.21. The van der Waals surface area contributed by atoms with Gasteiger partial charge in [-0.05, 0) is 30.5 Å². The first-order chi connectivity index (χ1) is 10.4. The van der Waals surface area contributed by atoms with E-state index in [9.17, 15) is 0 Å². The van der Waals surface area contributed by atoms with Crippen LogP contribution in [0.3, 0.4) is 0 Å². The maximum absolute atomic E-state index is 5.75. The molecule has 21 heavy (non-hydrogen) atoms. The number of benzene rings is 1. The molecular weight excluding hydrogens is 258 g/mol. The average Bonchev–Trinajstić information content (AvgIpc) is 2.52. The van der Waals surface area contributed by atoms with Gasteiger partial charge in [0.25, 0.3) is 0 Å². The highest BCUT2D eigenvalue weighted by atomic mass is 16.5. The van der Waals surface area contributed by atoms with Gasteiger partial charge in [0.15, 0.2) is 0 Å². The number of hydrogen-bond donors (Lipinski definition) is 1. The SMILES string of the molecule is CCCCCCCCOCc1ccc(CNCCC)cc1. The molecule has 0 atom stereocenters. The van der Waals surface area contributed by atoms with E-state index in [2.05, 4.69) is 43.4 Å². The molecule has 0 saturated carbocycles. The molecule has 1 N–H and O–H groups in total. The Morgan fingerprint density at radius 3 is 2.19 bits per heavy atom. The Morgan fingerprint density at radius 2 is 1.48 bits per heavy atom. The van der Waals surface area contributed by atoms with E-state index in [1.165, 1.54) is 56.1 Å².